The maximum absolute atomic E-state index is 10.1. The van der Waals surface area contributed by atoms with Crippen molar-refractivity contribution < 1.29 is 9.48 Å². The van der Waals surface area contributed by atoms with Crippen molar-refractivity contribution in [2.45, 2.75) is 6.92 Å². The fourth-order valence-electron chi connectivity index (χ4n) is 0.655. The van der Waals surface area contributed by atoms with Crippen molar-refractivity contribution in [2.75, 3.05) is 0 Å². The van der Waals surface area contributed by atoms with Crippen LogP contribution < -0.4 is 0 Å². The first-order valence-corrected chi connectivity index (χ1v) is 3.82. The van der Waals surface area contributed by atoms with Crippen LogP contribution in [0.1, 0.15) is 5.56 Å². The van der Waals surface area contributed by atoms with E-state index in [1.807, 2.05) is 0 Å². The van der Waals surface area contributed by atoms with E-state index in [1.165, 1.54) is 11.4 Å². The number of hydrogen-bond acceptors (Lipinski definition) is 3. The van der Waals surface area contributed by atoms with Gasteiger partial charge in [-0.3, -0.25) is 10.1 Å². The Kier molecular flexibility index (Phi) is 1.69. The quantitative estimate of drug-likeness (QED) is 0.387. The summed E-state index contributed by atoms with van der Waals surface area (Å²) in [5.41, 5.74) is 0.748. The number of aryl methyl sites for hydroxylation is 1. The number of nitrogens with zero attached hydrogens (tertiary/aromatic N) is 1. The Labute approximate surface area is 60.1 Å². The summed E-state index contributed by atoms with van der Waals surface area (Å²) in [5.74, 6) is 0. The number of thiophene rings is 1. The van der Waals surface area contributed by atoms with Gasteiger partial charge in [0.05, 0.1) is 6.07 Å². The molecule has 1 rings (SSSR count). The van der Waals surface area contributed by atoms with Crippen molar-refractivity contribution in [3.05, 3.63) is 27.1 Å². The summed E-state index contributed by atoms with van der Waals surface area (Å²) < 4.78 is 8.97. The lowest BCUT2D eigenvalue weighted by molar-refractivity contribution is -0.380. The predicted octanol–water partition coefficient (Wildman–Crippen LogP) is 1.79. The van der Waals surface area contributed by atoms with Crippen LogP contribution in [0.25, 0.3) is 0 Å². The summed E-state index contributed by atoms with van der Waals surface area (Å²) in [4.78, 5) is 9.55. The minimum atomic E-state index is -1.27. The lowest BCUT2D eigenvalue weighted by atomic mass is 10.4. The topological polar surface area (TPSA) is 63.4 Å². The molecule has 0 saturated carbocycles. The first-order valence-electron chi connectivity index (χ1n) is 2.58. The summed E-state index contributed by atoms with van der Waals surface area (Å²) in [6.07, 6.45) is 0. The van der Waals surface area contributed by atoms with Crippen molar-refractivity contribution in [3.8, 4) is 0 Å². The van der Waals surface area contributed by atoms with E-state index in [2.05, 4.69) is 0 Å². The third-order valence-electron chi connectivity index (χ3n) is 1.04. The SMILES string of the molecule is Cc1cc([N+](=O)[O-])[s+](O)c1. The molecule has 1 unspecified atom stereocenters. The van der Waals surface area contributed by atoms with Crippen LogP contribution >= 0.6 is 10.8 Å². The Hall–Kier alpha value is -0.940. The Balaban J connectivity index is 3.15. The Morgan fingerprint density at radius 2 is 2.40 bits per heavy atom. The molecule has 0 bridgehead atoms. The van der Waals surface area contributed by atoms with Gasteiger partial charge in [0.25, 0.3) is 0 Å². The maximum atomic E-state index is 10.1. The Morgan fingerprint density at radius 1 is 1.80 bits per heavy atom. The minimum absolute atomic E-state index is 0.113. The van der Waals surface area contributed by atoms with E-state index in [0.29, 0.717) is 0 Å². The first kappa shape index (κ1) is 7.17. The van der Waals surface area contributed by atoms with Gasteiger partial charge >= 0.3 is 5.00 Å². The average Bonchev–Trinajstić information content (AvgIpc) is 2.10. The van der Waals surface area contributed by atoms with E-state index in [1.54, 1.807) is 6.92 Å². The van der Waals surface area contributed by atoms with Crippen LogP contribution in [0.2, 0.25) is 0 Å². The van der Waals surface area contributed by atoms with Crippen LogP contribution in [-0.2, 0) is 0 Å². The maximum Gasteiger partial charge on any atom is 0.497 e. The average molecular weight is 160 g/mol. The summed E-state index contributed by atoms with van der Waals surface area (Å²) >= 11 is 0. The van der Waals surface area contributed by atoms with Gasteiger partial charge < -0.3 is 0 Å². The van der Waals surface area contributed by atoms with Crippen molar-refractivity contribution in [1.29, 1.82) is 0 Å². The van der Waals surface area contributed by atoms with Crippen molar-refractivity contribution in [2.24, 2.45) is 0 Å². The van der Waals surface area contributed by atoms with Gasteiger partial charge in [0.1, 0.15) is 4.92 Å². The largest absolute Gasteiger partial charge is 0.497 e. The van der Waals surface area contributed by atoms with E-state index in [4.69, 9.17) is 4.55 Å². The second-order valence-electron chi connectivity index (χ2n) is 1.92. The van der Waals surface area contributed by atoms with Crippen LogP contribution in [0.4, 0.5) is 5.00 Å². The molecule has 5 heteroatoms. The molecule has 0 radical (unpaired) electrons. The van der Waals surface area contributed by atoms with Gasteiger partial charge in [0, 0.05) is 5.56 Å². The summed E-state index contributed by atoms with van der Waals surface area (Å²) in [7, 11) is -1.27. The van der Waals surface area contributed by atoms with E-state index in [9.17, 15) is 10.1 Å². The number of rotatable bonds is 1. The van der Waals surface area contributed by atoms with Crippen LogP contribution in [0.3, 0.4) is 0 Å². The van der Waals surface area contributed by atoms with Gasteiger partial charge in [-0.1, -0.05) is 0 Å². The van der Waals surface area contributed by atoms with Crippen LogP contribution in [0, 0.1) is 17.0 Å². The van der Waals surface area contributed by atoms with Crippen molar-refractivity contribution >= 4 is 15.8 Å². The van der Waals surface area contributed by atoms with E-state index in [-0.39, 0.29) is 5.00 Å². The number of nitro groups is 1. The molecule has 0 amide bonds. The summed E-state index contributed by atoms with van der Waals surface area (Å²) in [5, 5.41) is 11.5. The first-order chi connectivity index (χ1) is 4.61. The van der Waals surface area contributed by atoms with E-state index < -0.39 is 15.7 Å². The van der Waals surface area contributed by atoms with E-state index >= 15 is 0 Å². The summed E-state index contributed by atoms with van der Waals surface area (Å²) in [6, 6.07) is 1.38. The molecule has 0 spiro atoms. The lowest BCUT2D eigenvalue weighted by Crippen LogP contribution is -1.83. The highest BCUT2D eigenvalue weighted by Gasteiger charge is 2.24. The molecular formula is C5H6NO3S+. The summed E-state index contributed by atoms with van der Waals surface area (Å²) in [6.45, 7) is 1.72. The lowest BCUT2D eigenvalue weighted by Gasteiger charge is -1.74. The molecule has 1 atom stereocenters. The highest BCUT2D eigenvalue weighted by molar-refractivity contribution is 7.26. The molecule has 1 N–H and O–H groups in total. The molecule has 1 heterocycles. The van der Waals surface area contributed by atoms with Gasteiger partial charge in [-0.05, 0) is 6.92 Å². The van der Waals surface area contributed by atoms with Gasteiger partial charge in [0.2, 0.25) is 10.8 Å². The molecule has 0 fully saturated rings. The third-order valence-corrected chi connectivity index (χ3v) is 2.33. The van der Waals surface area contributed by atoms with E-state index in [0.717, 1.165) is 5.56 Å². The molecular weight excluding hydrogens is 154 g/mol. The molecule has 10 heavy (non-hydrogen) atoms. The van der Waals surface area contributed by atoms with Crippen molar-refractivity contribution in [1.82, 2.24) is 0 Å². The van der Waals surface area contributed by atoms with Crippen LogP contribution in [0.5, 0.6) is 0 Å². The zero-order chi connectivity index (χ0) is 7.72. The molecule has 1 aromatic rings. The second kappa shape index (κ2) is 2.36. The molecule has 0 aromatic carbocycles. The van der Waals surface area contributed by atoms with Gasteiger partial charge in [-0.2, -0.15) is 4.55 Å². The molecule has 0 aliphatic rings. The highest BCUT2D eigenvalue weighted by atomic mass is 32.2. The second-order valence-corrected chi connectivity index (χ2v) is 3.20. The Bertz CT molecular complexity index is 268. The fraction of sp³-hybridized carbons (Fsp3) is 0.200. The minimum Gasteiger partial charge on any atom is -0.254 e. The molecule has 0 aliphatic heterocycles. The third kappa shape index (κ3) is 1.14. The van der Waals surface area contributed by atoms with Crippen LogP contribution in [0.15, 0.2) is 11.4 Å². The predicted molar refractivity (Wildman–Crippen MR) is 37.6 cm³/mol. The molecule has 0 aliphatic carbocycles. The normalized spacial score (nSPS) is 11.6. The standard InChI is InChI=1S/C5H6NO3S/c1-4-2-5(6(7)8)10(9)3-4/h2-3,9H,1H3/q+1. The van der Waals surface area contributed by atoms with Crippen LogP contribution in [-0.4, -0.2) is 9.48 Å². The molecule has 54 valence electrons. The van der Waals surface area contributed by atoms with Gasteiger partial charge in [0.15, 0.2) is 5.38 Å². The highest BCUT2D eigenvalue weighted by Crippen LogP contribution is 2.30. The van der Waals surface area contributed by atoms with Gasteiger partial charge in [-0.15, -0.1) is 0 Å². The molecule has 4 nitrogen and oxygen atoms in total. The van der Waals surface area contributed by atoms with Crippen molar-refractivity contribution in [3.63, 3.8) is 0 Å². The zero-order valence-corrected chi connectivity index (χ0v) is 6.09. The molecule has 0 saturated heterocycles. The van der Waals surface area contributed by atoms with Gasteiger partial charge in [-0.25, -0.2) is 0 Å². The zero-order valence-electron chi connectivity index (χ0n) is 5.27. The fourth-order valence-corrected chi connectivity index (χ4v) is 1.66. The monoisotopic (exact) mass is 160 g/mol. The Morgan fingerprint density at radius 3 is 2.60 bits per heavy atom. The smallest absolute Gasteiger partial charge is 0.254 e. The molecule has 1 aromatic heterocycles. The number of hydrogen-bond donors (Lipinski definition) is 1.